The lowest BCUT2D eigenvalue weighted by Crippen LogP contribution is -2.02. The molecule has 0 heterocycles. The van der Waals surface area contributed by atoms with Gasteiger partial charge in [0.25, 0.3) is 0 Å². The van der Waals surface area contributed by atoms with Gasteiger partial charge in [0.1, 0.15) is 0 Å². The summed E-state index contributed by atoms with van der Waals surface area (Å²) in [6, 6.07) is 9.09. The van der Waals surface area contributed by atoms with Crippen molar-refractivity contribution in [1.82, 2.24) is 0 Å². The molecule has 6 heteroatoms. The highest BCUT2D eigenvalue weighted by atomic mass is 79.9. The van der Waals surface area contributed by atoms with E-state index in [1.54, 1.807) is 19.2 Å². The third-order valence-electron chi connectivity index (χ3n) is 2.68. The van der Waals surface area contributed by atoms with E-state index in [2.05, 4.69) is 21.2 Å². The molecule has 0 aliphatic carbocycles. The Morgan fingerprint density at radius 2 is 1.85 bits per heavy atom. The molecule has 0 bridgehead atoms. The molecule has 0 fully saturated rings. The Kier molecular flexibility index (Phi) is 5.44. The van der Waals surface area contributed by atoms with Gasteiger partial charge >= 0.3 is 0 Å². The Hall–Kier alpha value is -0.610. The van der Waals surface area contributed by atoms with Crippen LogP contribution in [0.15, 0.2) is 34.8 Å². The topological polar surface area (TPSA) is 21.3 Å². The van der Waals surface area contributed by atoms with Gasteiger partial charge in [-0.3, -0.25) is 0 Å². The van der Waals surface area contributed by atoms with Crippen LogP contribution in [-0.2, 0) is 6.54 Å². The maximum atomic E-state index is 6.04. The van der Waals surface area contributed by atoms with Crippen LogP contribution >= 0.6 is 50.7 Å². The van der Waals surface area contributed by atoms with Crippen molar-refractivity contribution in [3.8, 4) is 5.75 Å². The molecule has 2 aromatic carbocycles. The molecule has 0 amide bonds. The van der Waals surface area contributed by atoms with Crippen LogP contribution < -0.4 is 10.1 Å². The van der Waals surface area contributed by atoms with Crippen molar-refractivity contribution in [1.29, 1.82) is 0 Å². The van der Waals surface area contributed by atoms with Crippen molar-refractivity contribution in [2.45, 2.75) is 6.54 Å². The summed E-state index contributed by atoms with van der Waals surface area (Å²) >= 11 is 21.3. The number of methoxy groups -OCH3 is 1. The predicted octanol–water partition coefficient (Wildman–Crippen LogP) is 6.03. The van der Waals surface area contributed by atoms with Crippen molar-refractivity contribution in [3.05, 3.63) is 55.4 Å². The Labute approximate surface area is 141 Å². The molecule has 2 nitrogen and oxygen atoms in total. The molecule has 0 aliphatic rings. The number of hydrogen-bond acceptors (Lipinski definition) is 2. The average Bonchev–Trinajstić information content (AvgIpc) is 2.39. The second kappa shape index (κ2) is 6.90. The highest BCUT2D eigenvalue weighted by molar-refractivity contribution is 9.10. The lowest BCUT2D eigenvalue weighted by atomic mass is 10.2. The first-order valence-electron chi connectivity index (χ1n) is 5.72. The normalized spacial score (nSPS) is 10.4. The molecule has 0 saturated carbocycles. The fourth-order valence-electron chi connectivity index (χ4n) is 1.75. The van der Waals surface area contributed by atoms with Crippen LogP contribution in [0.1, 0.15) is 5.56 Å². The van der Waals surface area contributed by atoms with E-state index in [4.69, 9.17) is 39.5 Å². The maximum Gasteiger partial charge on any atom is 0.156 e. The van der Waals surface area contributed by atoms with Gasteiger partial charge in [-0.05, 0) is 45.8 Å². The highest BCUT2D eigenvalue weighted by Crippen LogP contribution is 2.36. The zero-order valence-corrected chi connectivity index (χ0v) is 14.4. The van der Waals surface area contributed by atoms with Crippen LogP contribution in [0.25, 0.3) is 0 Å². The molecule has 20 heavy (non-hydrogen) atoms. The molecule has 1 N–H and O–H groups in total. The quantitative estimate of drug-likeness (QED) is 0.682. The standard InChI is InChI=1S/C14H11BrCl3NO/c1-20-14-10(15)5-9(16)6-13(14)19-7-8-2-3-11(17)12(18)4-8/h2-6,19H,7H2,1H3. The van der Waals surface area contributed by atoms with Gasteiger partial charge in [0.2, 0.25) is 0 Å². The SMILES string of the molecule is COc1c(Br)cc(Cl)cc1NCc1ccc(Cl)c(Cl)c1. The van der Waals surface area contributed by atoms with Crippen LogP contribution in [0, 0.1) is 0 Å². The maximum absolute atomic E-state index is 6.04. The molecule has 0 radical (unpaired) electrons. The first kappa shape index (κ1) is 15.8. The number of ether oxygens (including phenoxy) is 1. The molecule has 2 rings (SSSR count). The monoisotopic (exact) mass is 393 g/mol. The molecule has 2 aromatic rings. The number of rotatable bonds is 4. The summed E-state index contributed by atoms with van der Waals surface area (Å²) in [5, 5.41) is 4.96. The summed E-state index contributed by atoms with van der Waals surface area (Å²) in [5.74, 6) is 0.703. The Bertz CT molecular complexity index is 634. The highest BCUT2D eigenvalue weighted by Gasteiger charge is 2.09. The predicted molar refractivity (Wildman–Crippen MR) is 89.5 cm³/mol. The van der Waals surface area contributed by atoms with E-state index in [-0.39, 0.29) is 0 Å². The Morgan fingerprint density at radius 1 is 1.10 bits per heavy atom. The fraction of sp³-hybridized carbons (Fsp3) is 0.143. The third-order valence-corrected chi connectivity index (χ3v) is 4.23. The molecule has 0 saturated heterocycles. The van der Waals surface area contributed by atoms with Gasteiger partial charge in [-0.1, -0.05) is 40.9 Å². The third kappa shape index (κ3) is 3.73. The lowest BCUT2D eigenvalue weighted by molar-refractivity contribution is 0.414. The molecule has 0 atom stereocenters. The lowest BCUT2D eigenvalue weighted by Gasteiger charge is -2.13. The Morgan fingerprint density at radius 3 is 2.50 bits per heavy atom. The van der Waals surface area contributed by atoms with E-state index >= 15 is 0 Å². The largest absolute Gasteiger partial charge is 0.493 e. The van der Waals surface area contributed by atoms with Gasteiger partial charge in [0, 0.05) is 11.6 Å². The molecular weight excluding hydrogens is 384 g/mol. The molecule has 0 unspecified atom stereocenters. The fourth-order valence-corrected chi connectivity index (χ4v) is 3.04. The van der Waals surface area contributed by atoms with Gasteiger partial charge in [0.05, 0.1) is 27.3 Å². The minimum Gasteiger partial charge on any atom is -0.493 e. The van der Waals surface area contributed by atoms with Crippen LogP contribution in [-0.4, -0.2) is 7.11 Å². The molecule has 0 spiro atoms. The van der Waals surface area contributed by atoms with Crippen LogP contribution in [0.3, 0.4) is 0 Å². The summed E-state index contributed by atoms with van der Waals surface area (Å²) < 4.78 is 6.14. The minimum atomic E-state index is 0.533. The van der Waals surface area contributed by atoms with E-state index in [0.717, 1.165) is 15.7 Å². The summed E-state index contributed by atoms with van der Waals surface area (Å²) in [6.07, 6.45) is 0. The van der Waals surface area contributed by atoms with Gasteiger partial charge in [0.15, 0.2) is 5.75 Å². The molecule has 0 aromatic heterocycles. The number of halogens is 4. The van der Waals surface area contributed by atoms with Crippen molar-refractivity contribution in [2.24, 2.45) is 0 Å². The van der Waals surface area contributed by atoms with Crippen LogP contribution in [0.2, 0.25) is 15.1 Å². The van der Waals surface area contributed by atoms with Crippen LogP contribution in [0.4, 0.5) is 5.69 Å². The van der Waals surface area contributed by atoms with E-state index in [1.807, 2.05) is 18.2 Å². The van der Waals surface area contributed by atoms with Crippen molar-refractivity contribution in [3.63, 3.8) is 0 Å². The number of nitrogens with one attached hydrogen (secondary N) is 1. The summed E-state index contributed by atoms with van der Waals surface area (Å²) in [5.41, 5.74) is 1.82. The smallest absolute Gasteiger partial charge is 0.156 e. The van der Waals surface area contributed by atoms with Gasteiger partial charge in [-0.15, -0.1) is 0 Å². The van der Waals surface area contributed by atoms with Crippen molar-refractivity contribution in [2.75, 3.05) is 12.4 Å². The average molecular weight is 396 g/mol. The minimum absolute atomic E-state index is 0.533. The van der Waals surface area contributed by atoms with Gasteiger partial charge < -0.3 is 10.1 Å². The van der Waals surface area contributed by atoms with Gasteiger partial charge in [-0.2, -0.15) is 0 Å². The van der Waals surface area contributed by atoms with Crippen molar-refractivity contribution < 1.29 is 4.74 Å². The summed E-state index contributed by atoms with van der Waals surface area (Å²) in [4.78, 5) is 0. The van der Waals surface area contributed by atoms with Gasteiger partial charge in [-0.25, -0.2) is 0 Å². The zero-order chi connectivity index (χ0) is 14.7. The number of benzene rings is 2. The zero-order valence-electron chi connectivity index (χ0n) is 10.5. The Balaban J connectivity index is 2.20. The van der Waals surface area contributed by atoms with E-state index in [9.17, 15) is 0 Å². The second-order valence-electron chi connectivity index (χ2n) is 4.07. The first-order chi connectivity index (χ1) is 9.51. The summed E-state index contributed by atoms with van der Waals surface area (Å²) in [6.45, 7) is 0.583. The van der Waals surface area contributed by atoms with E-state index in [1.165, 1.54) is 0 Å². The van der Waals surface area contributed by atoms with Crippen molar-refractivity contribution >= 4 is 56.4 Å². The number of hydrogen-bond donors (Lipinski definition) is 1. The van der Waals surface area contributed by atoms with E-state index < -0.39 is 0 Å². The molecule has 106 valence electrons. The van der Waals surface area contributed by atoms with Crippen LogP contribution in [0.5, 0.6) is 5.75 Å². The summed E-state index contributed by atoms with van der Waals surface area (Å²) in [7, 11) is 1.61. The second-order valence-corrected chi connectivity index (χ2v) is 6.18. The van der Waals surface area contributed by atoms with E-state index in [0.29, 0.717) is 27.4 Å². The number of anilines is 1. The molecular formula is C14H11BrCl3NO. The first-order valence-corrected chi connectivity index (χ1v) is 7.65. The molecule has 0 aliphatic heterocycles.